The van der Waals surface area contributed by atoms with Crippen molar-refractivity contribution in [1.29, 1.82) is 0 Å². The molecular weight excluding hydrogens is 359 g/mol. The monoisotopic (exact) mass is 364 g/mol. The Balaban J connectivity index is 2.28. The lowest BCUT2D eigenvalue weighted by Gasteiger charge is -2.07. The summed E-state index contributed by atoms with van der Waals surface area (Å²) < 4.78 is 2.18. The van der Waals surface area contributed by atoms with Gasteiger partial charge in [-0.1, -0.05) is 28.1 Å². The van der Waals surface area contributed by atoms with Crippen molar-refractivity contribution in [3.05, 3.63) is 55.1 Å². The van der Waals surface area contributed by atoms with E-state index >= 15 is 0 Å². The van der Waals surface area contributed by atoms with Crippen molar-refractivity contribution in [3.63, 3.8) is 0 Å². The van der Waals surface area contributed by atoms with Crippen LogP contribution in [0.4, 0.5) is 0 Å². The first-order valence-electron chi connectivity index (χ1n) is 4.30. The molecule has 78 valence electrons. The van der Waals surface area contributed by atoms with E-state index in [4.69, 9.17) is 11.6 Å². The summed E-state index contributed by atoms with van der Waals surface area (Å²) in [6.07, 6.45) is 0. The van der Waals surface area contributed by atoms with Crippen molar-refractivity contribution in [2.24, 2.45) is 0 Å². The zero-order valence-electron chi connectivity index (χ0n) is 7.58. The van der Waals surface area contributed by atoms with Crippen LogP contribution in [0.15, 0.2) is 44.0 Å². The van der Waals surface area contributed by atoms with Crippen molar-refractivity contribution in [2.75, 3.05) is 0 Å². The summed E-state index contributed by atoms with van der Waals surface area (Å²) >= 11 is 14.9. The zero-order valence-corrected chi connectivity index (χ0v) is 12.3. The fourth-order valence-corrected chi connectivity index (χ4v) is 3.09. The number of benzene rings is 1. The van der Waals surface area contributed by atoms with E-state index in [1.807, 2.05) is 24.3 Å². The van der Waals surface area contributed by atoms with Crippen LogP contribution >= 0.6 is 54.8 Å². The lowest BCUT2D eigenvalue weighted by Crippen LogP contribution is -1.90. The number of rotatable bonds is 2. The van der Waals surface area contributed by atoms with Crippen LogP contribution in [0.5, 0.6) is 0 Å². The van der Waals surface area contributed by atoms with Crippen LogP contribution in [0.3, 0.4) is 0 Å². The third-order valence-electron chi connectivity index (χ3n) is 2.04. The van der Waals surface area contributed by atoms with Gasteiger partial charge in [0.25, 0.3) is 0 Å². The quantitative estimate of drug-likeness (QED) is 0.607. The minimum Gasteiger partial charge on any atom is -0.136 e. The second-order valence-corrected chi connectivity index (χ2v) is 6.74. The molecule has 1 heterocycles. The summed E-state index contributed by atoms with van der Waals surface area (Å²) in [5, 5.41) is 2.00. The first-order chi connectivity index (χ1) is 7.16. The zero-order chi connectivity index (χ0) is 10.8. The Morgan fingerprint density at radius 3 is 2.27 bits per heavy atom. The molecule has 0 saturated heterocycles. The molecule has 0 saturated carbocycles. The van der Waals surface area contributed by atoms with E-state index in [1.54, 1.807) is 11.3 Å². The van der Waals surface area contributed by atoms with Gasteiger partial charge in [-0.05, 0) is 50.6 Å². The Bertz CT molecular complexity index is 450. The fraction of sp³-hybridized carbons (Fsp3) is 0.0909. The van der Waals surface area contributed by atoms with Crippen LogP contribution in [-0.4, -0.2) is 0 Å². The number of thiophene rings is 1. The van der Waals surface area contributed by atoms with Gasteiger partial charge in [0.2, 0.25) is 0 Å². The number of hydrogen-bond donors (Lipinski definition) is 0. The third kappa shape index (κ3) is 2.84. The highest BCUT2D eigenvalue weighted by atomic mass is 79.9. The lowest BCUT2D eigenvalue weighted by molar-refractivity contribution is 1.15. The van der Waals surface area contributed by atoms with Crippen LogP contribution in [0, 0.1) is 0 Å². The van der Waals surface area contributed by atoms with Crippen LogP contribution in [0.25, 0.3) is 0 Å². The number of halogens is 3. The largest absolute Gasteiger partial charge is 0.136 e. The molecule has 0 nitrogen and oxygen atoms in total. The molecule has 0 fully saturated rings. The first kappa shape index (κ1) is 11.6. The van der Waals surface area contributed by atoms with E-state index in [0.717, 1.165) is 19.4 Å². The maximum absolute atomic E-state index is 6.37. The predicted octanol–water partition coefficient (Wildman–Crippen LogP) is 5.60. The van der Waals surface area contributed by atoms with Gasteiger partial charge < -0.3 is 0 Å². The van der Waals surface area contributed by atoms with Gasteiger partial charge >= 0.3 is 0 Å². The van der Waals surface area contributed by atoms with Gasteiger partial charge in [-0.3, -0.25) is 0 Å². The molecular formula is C11H7Br2ClS. The molecule has 0 aliphatic carbocycles. The fourth-order valence-electron chi connectivity index (χ4n) is 1.28. The Kier molecular flexibility index (Phi) is 3.88. The van der Waals surface area contributed by atoms with Gasteiger partial charge in [-0.15, -0.1) is 22.9 Å². The minimum atomic E-state index is -0.0688. The highest BCUT2D eigenvalue weighted by Gasteiger charge is 2.11. The van der Waals surface area contributed by atoms with Gasteiger partial charge in [-0.2, -0.15) is 0 Å². The normalized spacial score (nSPS) is 12.7. The van der Waals surface area contributed by atoms with Gasteiger partial charge in [0.1, 0.15) is 0 Å². The lowest BCUT2D eigenvalue weighted by atomic mass is 10.1. The predicted molar refractivity (Wildman–Crippen MR) is 73.9 cm³/mol. The Hall–Kier alpha value is 0.170. The van der Waals surface area contributed by atoms with E-state index in [2.05, 4.69) is 43.3 Å². The van der Waals surface area contributed by atoms with Crippen molar-refractivity contribution in [1.82, 2.24) is 0 Å². The smallest absolute Gasteiger partial charge is 0.0843 e. The highest BCUT2D eigenvalue weighted by molar-refractivity contribution is 9.11. The van der Waals surface area contributed by atoms with E-state index < -0.39 is 0 Å². The van der Waals surface area contributed by atoms with Crippen LogP contribution in [0.2, 0.25) is 0 Å². The maximum Gasteiger partial charge on any atom is 0.0843 e. The molecule has 0 bridgehead atoms. The molecule has 2 aromatic rings. The van der Waals surface area contributed by atoms with Crippen molar-refractivity contribution >= 4 is 54.8 Å². The molecule has 0 aliphatic rings. The summed E-state index contributed by atoms with van der Waals surface area (Å²) in [6, 6.07) is 10.1. The second kappa shape index (κ2) is 5.00. The van der Waals surface area contributed by atoms with Gasteiger partial charge in [-0.25, -0.2) is 0 Å². The molecule has 1 unspecified atom stereocenters. The molecule has 4 heteroatoms. The molecule has 0 radical (unpaired) electrons. The Labute approximate surface area is 115 Å². The molecule has 15 heavy (non-hydrogen) atoms. The Morgan fingerprint density at radius 2 is 1.73 bits per heavy atom. The molecule has 0 amide bonds. The maximum atomic E-state index is 6.37. The van der Waals surface area contributed by atoms with Crippen molar-refractivity contribution < 1.29 is 0 Å². The van der Waals surface area contributed by atoms with Crippen molar-refractivity contribution in [2.45, 2.75) is 5.38 Å². The van der Waals surface area contributed by atoms with E-state index in [9.17, 15) is 0 Å². The SMILES string of the molecule is ClC(c1ccc(Br)cc1)c1csc(Br)c1. The summed E-state index contributed by atoms with van der Waals surface area (Å²) in [6.45, 7) is 0. The number of alkyl halides is 1. The highest BCUT2D eigenvalue weighted by Crippen LogP contribution is 2.34. The molecule has 1 atom stereocenters. The average Bonchev–Trinajstić information content (AvgIpc) is 2.65. The van der Waals surface area contributed by atoms with Gasteiger partial charge in [0.05, 0.1) is 9.16 Å². The molecule has 1 aromatic heterocycles. The minimum absolute atomic E-state index is 0.0688. The van der Waals surface area contributed by atoms with E-state index in [-0.39, 0.29) is 5.38 Å². The molecule has 2 rings (SSSR count). The molecule has 0 aliphatic heterocycles. The van der Waals surface area contributed by atoms with E-state index in [1.165, 1.54) is 0 Å². The summed E-state index contributed by atoms with van der Waals surface area (Å²) in [7, 11) is 0. The van der Waals surface area contributed by atoms with Gasteiger partial charge in [0, 0.05) is 4.47 Å². The molecule has 1 aromatic carbocycles. The van der Waals surface area contributed by atoms with Crippen LogP contribution < -0.4 is 0 Å². The summed E-state index contributed by atoms with van der Waals surface area (Å²) in [5.41, 5.74) is 2.25. The van der Waals surface area contributed by atoms with Crippen molar-refractivity contribution in [3.8, 4) is 0 Å². The molecule has 0 spiro atoms. The summed E-state index contributed by atoms with van der Waals surface area (Å²) in [4.78, 5) is 0. The third-order valence-corrected chi connectivity index (χ3v) is 4.60. The summed E-state index contributed by atoms with van der Waals surface area (Å²) in [5.74, 6) is 0. The average molecular weight is 367 g/mol. The Morgan fingerprint density at radius 1 is 1.07 bits per heavy atom. The van der Waals surface area contributed by atoms with Gasteiger partial charge in [0.15, 0.2) is 0 Å². The van der Waals surface area contributed by atoms with E-state index in [0.29, 0.717) is 0 Å². The number of hydrogen-bond acceptors (Lipinski definition) is 1. The standard InChI is InChI=1S/C11H7Br2ClS/c12-9-3-1-7(2-4-9)11(14)8-5-10(13)15-6-8/h1-6,11H. The van der Waals surface area contributed by atoms with Crippen LogP contribution in [0.1, 0.15) is 16.5 Å². The topological polar surface area (TPSA) is 0 Å². The van der Waals surface area contributed by atoms with Crippen LogP contribution in [-0.2, 0) is 0 Å². The molecule has 0 N–H and O–H groups in total. The first-order valence-corrected chi connectivity index (χ1v) is 7.20. The second-order valence-electron chi connectivity index (χ2n) is 3.10.